The van der Waals surface area contributed by atoms with Crippen molar-refractivity contribution in [3.63, 3.8) is 0 Å². The van der Waals surface area contributed by atoms with Crippen LogP contribution in [0.1, 0.15) is 29.1 Å². The minimum Gasteiger partial charge on any atom is -0.481 e. The molecular formula is C18H21N7O3. The number of ether oxygens (including phenoxy) is 2. The van der Waals surface area contributed by atoms with Gasteiger partial charge in [-0.05, 0) is 13.0 Å². The third-order valence-corrected chi connectivity index (χ3v) is 4.74. The summed E-state index contributed by atoms with van der Waals surface area (Å²) in [6.07, 6.45) is 3.66. The Morgan fingerprint density at radius 1 is 1.21 bits per heavy atom. The fourth-order valence-corrected chi connectivity index (χ4v) is 3.44. The third kappa shape index (κ3) is 2.96. The summed E-state index contributed by atoms with van der Waals surface area (Å²) in [6.45, 7) is 2.91. The summed E-state index contributed by atoms with van der Waals surface area (Å²) in [5, 5.41) is 12.8. The summed E-state index contributed by atoms with van der Waals surface area (Å²) in [4.78, 5) is 19.0. The molecule has 0 N–H and O–H groups in total. The van der Waals surface area contributed by atoms with E-state index in [0.717, 1.165) is 17.2 Å². The molecule has 4 heterocycles. The molecule has 0 saturated heterocycles. The van der Waals surface area contributed by atoms with Crippen molar-refractivity contribution in [1.29, 1.82) is 0 Å². The SMILES string of the molecule is COc1ccc(C(=O)N2Cc3nnc(-c4cnn(C)c4)n3[C@@H](C)C2)c(OC)n1. The van der Waals surface area contributed by atoms with Crippen molar-refractivity contribution in [2.24, 2.45) is 7.05 Å². The maximum atomic E-state index is 13.1. The Morgan fingerprint density at radius 3 is 2.71 bits per heavy atom. The molecule has 0 saturated carbocycles. The Kier molecular flexibility index (Phi) is 4.46. The van der Waals surface area contributed by atoms with E-state index < -0.39 is 0 Å². The average molecular weight is 383 g/mol. The van der Waals surface area contributed by atoms with Crippen LogP contribution in [0.5, 0.6) is 11.8 Å². The van der Waals surface area contributed by atoms with Crippen LogP contribution in [0.4, 0.5) is 0 Å². The Morgan fingerprint density at radius 2 is 2.04 bits per heavy atom. The topological polar surface area (TPSA) is 100 Å². The van der Waals surface area contributed by atoms with Crippen molar-refractivity contribution < 1.29 is 14.3 Å². The van der Waals surface area contributed by atoms with Gasteiger partial charge in [0, 0.05) is 25.9 Å². The zero-order valence-corrected chi connectivity index (χ0v) is 16.2. The number of amides is 1. The molecule has 1 aliphatic heterocycles. The van der Waals surface area contributed by atoms with Crippen LogP contribution in [0.15, 0.2) is 24.5 Å². The second kappa shape index (κ2) is 6.95. The van der Waals surface area contributed by atoms with Crippen LogP contribution in [0, 0.1) is 0 Å². The van der Waals surface area contributed by atoms with Gasteiger partial charge in [0.1, 0.15) is 5.56 Å². The second-order valence-corrected chi connectivity index (χ2v) is 6.66. The number of hydrogen-bond acceptors (Lipinski definition) is 7. The average Bonchev–Trinajstić information content (AvgIpc) is 3.33. The van der Waals surface area contributed by atoms with Gasteiger partial charge in [-0.3, -0.25) is 9.48 Å². The quantitative estimate of drug-likeness (QED) is 0.669. The zero-order chi connectivity index (χ0) is 19.8. The van der Waals surface area contributed by atoms with Crippen molar-refractivity contribution in [2.75, 3.05) is 20.8 Å². The Hall–Kier alpha value is -3.43. The monoisotopic (exact) mass is 383 g/mol. The van der Waals surface area contributed by atoms with E-state index in [2.05, 4.69) is 24.8 Å². The number of methoxy groups -OCH3 is 2. The van der Waals surface area contributed by atoms with E-state index in [1.165, 1.54) is 14.2 Å². The van der Waals surface area contributed by atoms with Crippen molar-refractivity contribution in [2.45, 2.75) is 19.5 Å². The molecule has 1 aliphatic rings. The lowest BCUT2D eigenvalue weighted by Crippen LogP contribution is -2.40. The Balaban J connectivity index is 1.63. The predicted molar refractivity (Wildman–Crippen MR) is 99.0 cm³/mol. The largest absolute Gasteiger partial charge is 0.481 e. The van der Waals surface area contributed by atoms with Crippen molar-refractivity contribution in [3.8, 4) is 23.1 Å². The molecule has 3 aromatic heterocycles. The molecular weight excluding hydrogens is 362 g/mol. The summed E-state index contributed by atoms with van der Waals surface area (Å²) in [5.74, 6) is 1.94. The highest BCUT2D eigenvalue weighted by Gasteiger charge is 2.31. The van der Waals surface area contributed by atoms with Gasteiger partial charge >= 0.3 is 0 Å². The number of aryl methyl sites for hydroxylation is 1. The first kappa shape index (κ1) is 18.0. The zero-order valence-electron chi connectivity index (χ0n) is 16.2. The molecule has 28 heavy (non-hydrogen) atoms. The van der Waals surface area contributed by atoms with Gasteiger partial charge in [0.2, 0.25) is 11.8 Å². The molecule has 3 aromatic rings. The lowest BCUT2D eigenvalue weighted by Gasteiger charge is -2.32. The number of rotatable bonds is 4. The van der Waals surface area contributed by atoms with Crippen LogP contribution in [0.25, 0.3) is 11.4 Å². The molecule has 0 spiro atoms. The van der Waals surface area contributed by atoms with Gasteiger partial charge < -0.3 is 18.9 Å². The first-order chi connectivity index (χ1) is 13.5. The number of carbonyl (C=O) groups is 1. The van der Waals surface area contributed by atoms with E-state index in [1.807, 2.05) is 20.2 Å². The smallest absolute Gasteiger partial charge is 0.259 e. The van der Waals surface area contributed by atoms with Crippen LogP contribution in [-0.4, -0.2) is 61.1 Å². The van der Waals surface area contributed by atoms with Crippen LogP contribution in [-0.2, 0) is 13.6 Å². The lowest BCUT2D eigenvalue weighted by molar-refractivity contribution is 0.0677. The first-order valence-corrected chi connectivity index (χ1v) is 8.83. The Bertz CT molecular complexity index is 1030. The molecule has 10 heteroatoms. The fourth-order valence-electron chi connectivity index (χ4n) is 3.44. The molecule has 4 rings (SSSR count). The van der Waals surface area contributed by atoms with E-state index in [9.17, 15) is 4.79 Å². The van der Waals surface area contributed by atoms with Gasteiger partial charge in [0.15, 0.2) is 11.6 Å². The van der Waals surface area contributed by atoms with Gasteiger partial charge in [-0.15, -0.1) is 10.2 Å². The molecule has 0 unspecified atom stereocenters. The third-order valence-electron chi connectivity index (χ3n) is 4.74. The van der Waals surface area contributed by atoms with Crippen LogP contribution in [0.2, 0.25) is 0 Å². The molecule has 146 valence electrons. The van der Waals surface area contributed by atoms with Gasteiger partial charge in [-0.25, -0.2) is 0 Å². The molecule has 0 radical (unpaired) electrons. The van der Waals surface area contributed by atoms with E-state index in [4.69, 9.17) is 9.47 Å². The van der Waals surface area contributed by atoms with Crippen molar-refractivity contribution in [1.82, 2.24) is 34.4 Å². The Labute approximate surface area is 161 Å². The molecule has 0 fully saturated rings. The van der Waals surface area contributed by atoms with Crippen LogP contribution >= 0.6 is 0 Å². The number of nitrogens with zero attached hydrogens (tertiary/aromatic N) is 7. The predicted octanol–water partition coefficient (Wildman–Crippen LogP) is 1.31. The molecule has 10 nitrogen and oxygen atoms in total. The van der Waals surface area contributed by atoms with E-state index in [-0.39, 0.29) is 17.8 Å². The highest BCUT2D eigenvalue weighted by atomic mass is 16.5. The number of aromatic nitrogens is 6. The normalized spacial score (nSPS) is 16.0. The minimum absolute atomic E-state index is 0.00936. The van der Waals surface area contributed by atoms with Gasteiger partial charge in [0.05, 0.1) is 38.6 Å². The van der Waals surface area contributed by atoms with Gasteiger partial charge in [0.25, 0.3) is 5.91 Å². The van der Waals surface area contributed by atoms with Crippen molar-refractivity contribution in [3.05, 3.63) is 35.9 Å². The van der Waals surface area contributed by atoms with Crippen LogP contribution in [0.3, 0.4) is 0 Å². The molecule has 0 aromatic carbocycles. The first-order valence-electron chi connectivity index (χ1n) is 8.83. The van der Waals surface area contributed by atoms with E-state index >= 15 is 0 Å². The number of hydrogen-bond donors (Lipinski definition) is 0. The van der Waals surface area contributed by atoms with Crippen molar-refractivity contribution >= 4 is 5.91 Å². The van der Waals surface area contributed by atoms with Gasteiger partial charge in [-0.2, -0.15) is 10.1 Å². The lowest BCUT2D eigenvalue weighted by atomic mass is 10.1. The van der Waals surface area contributed by atoms with Gasteiger partial charge in [-0.1, -0.05) is 0 Å². The maximum absolute atomic E-state index is 13.1. The number of carbonyl (C=O) groups excluding carboxylic acids is 1. The summed E-state index contributed by atoms with van der Waals surface area (Å²) in [6, 6.07) is 3.32. The summed E-state index contributed by atoms with van der Waals surface area (Å²) < 4.78 is 14.2. The highest BCUT2D eigenvalue weighted by molar-refractivity contribution is 5.96. The van der Waals surface area contributed by atoms with E-state index in [0.29, 0.717) is 24.5 Å². The number of fused-ring (bicyclic) bond motifs is 1. The summed E-state index contributed by atoms with van der Waals surface area (Å²) in [5.41, 5.74) is 1.28. The standard InChI is InChI=1S/C18H21N7O3/c1-11-8-24(18(26)13-5-6-15(27-3)20-17(13)28-4)10-14-21-22-16(25(11)14)12-7-19-23(2)9-12/h5-7,9,11H,8,10H2,1-4H3/t11-/m0/s1. The summed E-state index contributed by atoms with van der Waals surface area (Å²) >= 11 is 0. The number of pyridine rings is 1. The minimum atomic E-state index is -0.170. The fraction of sp³-hybridized carbons (Fsp3) is 0.389. The second-order valence-electron chi connectivity index (χ2n) is 6.66. The molecule has 0 bridgehead atoms. The molecule has 0 aliphatic carbocycles. The molecule has 1 amide bonds. The molecule has 1 atom stereocenters. The maximum Gasteiger partial charge on any atom is 0.259 e. The van der Waals surface area contributed by atoms with Crippen LogP contribution < -0.4 is 9.47 Å². The summed E-state index contributed by atoms with van der Waals surface area (Å²) in [7, 11) is 4.85. The highest BCUT2D eigenvalue weighted by Crippen LogP contribution is 2.29. The van der Waals surface area contributed by atoms with E-state index in [1.54, 1.807) is 27.9 Å².